The van der Waals surface area contributed by atoms with E-state index >= 15 is 0 Å². The van der Waals surface area contributed by atoms with E-state index in [1.54, 1.807) is 35.4 Å². The molecule has 1 aromatic carbocycles. The number of carbonyl (C=O) groups is 1. The summed E-state index contributed by atoms with van der Waals surface area (Å²) in [6.07, 6.45) is 0. The molecule has 0 aliphatic carbocycles. The Labute approximate surface area is 137 Å². The van der Waals surface area contributed by atoms with Gasteiger partial charge in [-0.1, -0.05) is 0 Å². The average molecular weight is 452 g/mol. The number of hydrogen-bond acceptors (Lipinski definition) is 3. The fourth-order valence-electron chi connectivity index (χ4n) is 1.61. The fraction of sp³-hybridized carbons (Fsp3) is 0.154. The van der Waals surface area contributed by atoms with Crippen LogP contribution in [0.2, 0.25) is 0 Å². The van der Waals surface area contributed by atoms with Crippen LogP contribution in [0.1, 0.15) is 15.2 Å². The summed E-state index contributed by atoms with van der Waals surface area (Å²) in [6.45, 7) is 0.557. The zero-order valence-corrected chi connectivity index (χ0v) is 14.6. The molecule has 0 bridgehead atoms. The number of hydrogen-bond donors (Lipinski definition) is 1. The van der Waals surface area contributed by atoms with Gasteiger partial charge in [0.2, 0.25) is 0 Å². The number of rotatable bonds is 3. The number of amides is 1. The summed E-state index contributed by atoms with van der Waals surface area (Å²) in [7, 11) is 1.75. The van der Waals surface area contributed by atoms with Crippen molar-refractivity contribution in [2.75, 3.05) is 7.05 Å². The molecule has 3 nitrogen and oxygen atoms in total. The Kier molecular flexibility index (Phi) is 4.86. The number of halogens is 2. The minimum atomic E-state index is -0.101. The minimum Gasteiger partial charge on any atom is -0.507 e. The van der Waals surface area contributed by atoms with Crippen LogP contribution in [0.25, 0.3) is 0 Å². The molecule has 0 spiro atoms. The molecule has 0 saturated carbocycles. The Morgan fingerprint density at radius 3 is 2.79 bits per heavy atom. The Bertz CT molecular complexity index is 614. The lowest BCUT2D eigenvalue weighted by molar-refractivity contribution is 0.0786. The second-order valence-electron chi connectivity index (χ2n) is 4.06. The molecule has 0 unspecified atom stereocenters. The highest BCUT2D eigenvalue weighted by Gasteiger charge is 2.14. The first-order valence-corrected chi connectivity index (χ1v) is 8.19. The summed E-state index contributed by atoms with van der Waals surface area (Å²) >= 11 is 7.02. The van der Waals surface area contributed by atoms with Crippen LogP contribution < -0.4 is 0 Å². The largest absolute Gasteiger partial charge is 0.507 e. The van der Waals surface area contributed by atoms with Gasteiger partial charge in [0.05, 0.1) is 10.1 Å². The molecule has 0 fully saturated rings. The monoisotopic (exact) mass is 451 g/mol. The number of phenols is 1. The number of thiophene rings is 1. The lowest BCUT2D eigenvalue weighted by Gasteiger charge is -2.16. The van der Waals surface area contributed by atoms with E-state index in [1.807, 2.05) is 34.0 Å². The quantitative estimate of drug-likeness (QED) is 0.714. The first-order chi connectivity index (χ1) is 8.97. The topological polar surface area (TPSA) is 40.5 Å². The predicted octanol–water partition coefficient (Wildman–Crippen LogP) is 4.09. The van der Waals surface area contributed by atoms with Crippen molar-refractivity contribution in [3.05, 3.63) is 48.1 Å². The van der Waals surface area contributed by atoms with E-state index in [2.05, 4.69) is 15.9 Å². The van der Waals surface area contributed by atoms with Gasteiger partial charge in [0, 0.05) is 27.3 Å². The van der Waals surface area contributed by atoms with Gasteiger partial charge in [-0.3, -0.25) is 4.79 Å². The van der Waals surface area contributed by atoms with Gasteiger partial charge in [-0.2, -0.15) is 0 Å². The minimum absolute atomic E-state index is 0.101. The van der Waals surface area contributed by atoms with E-state index in [1.165, 1.54) is 6.07 Å². The number of aromatic hydroxyl groups is 1. The number of nitrogens with zero attached hydrogens (tertiary/aromatic N) is 1. The molecule has 2 aromatic rings. The van der Waals surface area contributed by atoms with Gasteiger partial charge < -0.3 is 10.0 Å². The van der Waals surface area contributed by atoms with Gasteiger partial charge in [0.25, 0.3) is 5.91 Å². The first kappa shape index (κ1) is 14.8. The van der Waals surface area contributed by atoms with E-state index in [-0.39, 0.29) is 11.7 Å². The third-order valence-corrected chi connectivity index (χ3v) is 5.15. The third kappa shape index (κ3) is 3.70. The van der Waals surface area contributed by atoms with Gasteiger partial charge in [-0.15, -0.1) is 11.3 Å². The second-order valence-corrected chi connectivity index (χ2v) is 7.13. The highest BCUT2D eigenvalue weighted by atomic mass is 127. The maximum absolute atomic E-state index is 12.2. The van der Waals surface area contributed by atoms with E-state index in [0.29, 0.717) is 12.1 Å². The summed E-state index contributed by atoms with van der Waals surface area (Å²) in [4.78, 5) is 15.0. The standard InChI is InChI=1S/C13H11BrINO2S/c1-16(6-10-5-9(14)7-19-10)13(18)8-2-3-11(15)12(17)4-8/h2-5,7,17H,6H2,1H3. The molecule has 6 heteroatoms. The average Bonchev–Trinajstić information content (AvgIpc) is 2.77. The molecule has 1 N–H and O–H groups in total. The lowest BCUT2D eigenvalue weighted by atomic mass is 10.2. The molecule has 0 aliphatic rings. The third-order valence-electron chi connectivity index (χ3n) is 2.55. The van der Waals surface area contributed by atoms with Gasteiger partial charge in [0.15, 0.2) is 0 Å². The maximum Gasteiger partial charge on any atom is 0.254 e. The smallest absolute Gasteiger partial charge is 0.254 e. The van der Waals surface area contributed by atoms with Crippen LogP contribution in [0, 0.1) is 3.57 Å². The first-order valence-electron chi connectivity index (χ1n) is 5.44. The van der Waals surface area contributed by atoms with Crippen LogP contribution in [0.4, 0.5) is 0 Å². The summed E-state index contributed by atoms with van der Waals surface area (Å²) in [5.41, 5.74) is 0.496. The molecule has 19 heavy (non-hydrogen) atoms. The van der Waals surface area contributed by atoms with Crippen LogP contribution in [0.3, 0.4) is 0 Å². The Balaban J connectivity index is 2.12. The molecular weight excluding hydrogens is 441 g/mol. The predicted molar refractivity (Wildman–Crippen MR) is 88.6 cm³/mol. The molecule has 0 radical (unpaired) electrons. The van der Waals surface area contributed by atoms with Crippen molar-refractivity contribution in [1.29, 1.82) is 0 Å². The Hall–Kier alpha value is -0.600. The lowest BCUT2D eigenvalue weighted by Crippen LogP contribution is -2.25. The molecule has 100 valence electrons. The normalized spacial score (nSPS) is 10.5. The number of benzene rings is 1. The Morgan fingerprint density at radius 1 is 1.47 bits per heavy atom. The van der Waals surface area contributed by atoms with Crippen LogP contribution in [0.15, 0.2) is 34.1 Å². The fourth-order valence-corrected chi connectivity index (χ4v) is 3.45. The molecule has 1 heterocycles. The van der Waals surface area contributed by atoms with E-state index in [4.69, 9.17) is 0 Å². The highest BCUT2D eigenvalue weighted by molar-refractivity contribution is 14.1. The van der Waals surface area contributed by atoms with Gasteiger partial charge in [-0.05, 0) is 62.8 Å². The van der Waals surface area contributed by atoms with Gasteiger partial charge in [-0.25, -0.2) is 0 Å². The summed E-state index contributed by atoms with van der Waals surface area (Å²) in [5, 5.41) is 11.6. The molecule has 0 atom stereocenters. The molecule has 1 aromatic heterocycles. The van der Waals surface area contributed by atoms with E-state index < -0.39 is 0 Å². The van der Waals surface area contributed by atoms with E-state index in [9.17, 15) is 9.90 Å². The van der Waals surface area contributed by atoms with Crippen molar-refractivity contribution in [3.63, 3.8) is 0 Å². The van der Waals surface area contributed by atoms with Crippen LogP contribution in [-0.2, 0) is 6.54 Å². The maximum atomic E-state index is 12.2. The van der Waals surface area contributed by atoms with Crippen LogP contribution in [-0.4, -0.2) is 23.0 Å². The molecular formula is C13H11BrINO2S. The van der Waals surface area contributed by atoms with Crippen molar-refractivity contribution in [2.45, 2.75) is 6.54 Å². The van der Waals surface area contributed by atoms with Crippen molar-refractivity contribution < 1.29 is 9.90 Å². The number of phenolic OH excluding ortho intramolecular Hbond substituents is 1. The Morgan fingerprint density at radius 2 is 2.21 bits per heavy atom. The summed E-state index contributed by atoms with van der Waals surface area (Å²) < 4.78 is 1.76. The SMILES string of the molecule is CN(Cc1cc(Br)cs1)C(=O)c1ccc(I)c(O)c1. The van der Waals surface area contributed by atoms with Crippen molar-refractivity contribution in [1.82, 2.24) is 4.90 Å². The summed E-state index contributed by atoms with van der Waals surface area (Å²) in [5.74, 6) is 0.0370. The van der Waals surface area contributed by atoms with Gasteiger partial charge in [0.1, 0.15) is 5.75 Å². The van der Waals surface area contributed by atoms with Crippen molar-refractivity contribution in [2.24, 2.45) is 0 Å². The number of carbonyl (C=O) groups excluding carboxylic acids is 1. The molecule has 2 rings (SSSR count). The van der Waals surface area contributed by atoms with Crippen LogP contribution in [0.5, 0.6) is 5.75 Å². The zero-order chi connectivity index (χ0) is 14.0. The molecule has 0 saturated heterocycles. The molecule has 0 aliphatic heterocycles. The second kappa shape index (κ2) is 6.23. The van der Waals surface area contributed by atoms with Crippen molar-refractivity contribution in [3.8, 4) is 5.75 Å². The molecule has 1 amide bonds. The highest BCUT2D eigenvalue weighted by Crippen LogP contribution is 2.23. The summed E-state index contributed by atoms with van der Waals surface area (Å²) in [6, 6.07) is 6.97. The van der Waals surface area contributed by atoms with E-state index in [0.717, 1.165) is 12.9 Å². The van der Waals surface area contributed by atoms with Crippen LogP contribution >= 0.6 is 49.9 Å². The van der Waals surface area contributed by atoms with Crippen molar-refractivity contribution >= 4 is 55.8 Å². The van der Waals surface area contributed by atoms with Gasteiger partial charge >= 0.3 is 0 Å². The zero-order valence-electron chi connectivity index (χ0n) is 10.1.